The first-order valence-electron chi connectivity index (χ1n) is 8.05. The molecule has 0 radical (unpaired) electrons. The van der Waals surface area contributed by atoms with Crippen LogP contribution < -0.4 is 16.0 Å². The number of rotatable bonds is 6. The van der Waals surface area contributed by atoms with Crippen LogP contribution in [0.15, 0.2) is 18.2 Å². The van der Waals surface area contributed by atoms with E-state index in [0.717, 1.165) is 19.0 Å². The van der Waals surface area contributed by atoms with E-state index in [0.29, 0.717) is 12.6 Å². The smallest absolute Gasteiger partial charge is 0.0444 e. The highest BCUT2D eigenvalue weighted by atomic mass is 15.1. The van der Waals surface area contributed by atoms with E-state index in [-0.39, 0.29) is 0 Å². The van der Waals surface area contributed by atoms with Gasteiger partial charge in [0.25, 0.3) is 0 Å². The summed E-state index contributed by atoms with van der Waals surface area (Å²) in [5.41, 5.74) is 10.2. The molecule has 1 aliphatic carbocycles. The molecule has 1 heterocycles. The van der Waals surface area contributed by atoms with Gasteiger partial charge in [-0.15, -0.1) is 0 Å². The summed E-state index contributed by atoms with van der Waals surface area (Å²) in [6.07, 6.45) is 6.77. The second kappa shape index (κ2) is 6.15. The Balaban J connectivity index is 1.60. The van der Waals surface area contributed by atoms with Crippen molar-refractivity contribution < 1.29 is 0 Å². The molecule has 1 unspecified atom stereocenters. The maximum absolute atomic E-state index is 5.97. The van der Waals surface area contributed by atoms with Crippen LogP contribution in [-0.2, 0) is 6.42 Å². The van der Waals surface area contributed by atoms with Crippen LogP contribution in [0.2, 0.25) is 0 Å². The van der Waals surface area contributed by atoms with Gasteiger partial charge in [-0.3, -0.25) is 0 Å². The highest BCUT2D eigenvalue weighted by Crippen LogP contribution is 2.30. The van der Waals surface area contributed by atoms with Gasteiger partial charge in [0, 0.05) is 31.9 Å². The van der Waals surface area contributed by atoms with Crippen molar-refractivity contribution >= 4 is 5.69 Å². The minimum Gasteiger partial charge on any atom is -0.374 e. The lowest BCUT2D eigenvalue weighted by molar-refractivity contribution is 0.288. The van der Waals surface area contributed by atoms with Gasteiger partial charge < -0.3 is 16.0 Å². The molecule has 3 heteroatoms. The fourth-order valence-electron chi connectivity index (χ4n) is 3.38. The van der Waals surface area contributed by atoms with E-state index in [1.807, 2.05) is 0 Å². The lowest BCUT2D eigenvalue weighted by atomic mass is 9.83. The molecule has 20 heavy (non-hydrogen) atoms. The molecule has 2 aliphatic rings. The normalized spacial score (nSPS) is 19.8. The number of nitrogens with zero attached hydrogens (tertiary/aromatic N) is 1. The molecular formula is C17H27N3. The number of fused-ring (bicyclic) bond motifs is 1. The first-order valence-corrected chi connectivity index (χ1v) is 8.05. The van der Waals surface area contributed by atoms with E-state index >= 15 is 0 Å². The summed E-state index contributed by atoms with van der Waals surface area (Å²) in [4.78, 5) is 2.33. The lowest BCUT2D eigenvalue weighted by Crippen LogP contribution is -2.30. The van der Waals surface area contributed by atoms with Crippen LogP contribution >= 0.6 is 0 Å². The number of nitrogens with one attached hydrogen (secondary N) is 1. The summed E-state index contributed by atoms with van der Waals surface area (Å²) in [6.45, 7) is 2.92. The van der Waals surface area contributed by atoms with E-state index in [1.165, 1.54) is 48.9 Å². The van der Waals surface area contributed by atoms with Crippen molar-refractivity contribution in [3.8, 4) is 0 Å². The van der Waals surface area contributed by atoms with Crippen LogP contribution in [0.3, 0.4) is 0 Å². The van der Waals surface area contributed by atoms with Gasteiger partial charge in [0.05, 0.1) is 0 Å². The minimum atomic E-state index is 0.311. The Labute approximate surface area is 122 Å². The zero-order valence-electron chi connectivity index (χ0n) is 12.6. The molecule has 0 aromatic heterocycles. The van der Waals surface area contributed by atoms with Gasteiger partial charge in [-0.1, -0.05) is 31.4 Å². The van der Waals surface area contributed by atoms with Gasteiger partial charge in [0.15, 0.2) is 0 Å². The fraction of sp³-hybridized carbons (Fsp3) is 0.647. The molecule has 1 atom stereocenters. The Morgan fingerprint density at radius 2 is 2.25 bits per heavy atom. The first-order chi connectivity index (χ1) is 9.78. The largest absolute Gasteiger partial charge is 0.374 e. The average Bonchev–Trinajstić information content (AvgIpc) is 2.78. The predicted octanol–water partition coefficient (Wildman–Crippen LogP) is 2.46. The van der Waals surface area contributed by atoms with Crippen molar-refractivity contribution in [1.29, 1.82) is 0 Å². The topological polar surface area (TPSA) is 41.3 Å². The van der Waals surface area contributed by atoms with Crippen molar-refractivity contribution in [3.63, 3.8) is 0 Å². The molecular weight excluding hydrogens is 246 g/mol. The molecule has 110 valence electrons. The Morgan fingerprint density at radius 3 is 2.95 bits per heavy atom. The average molecular weight is 273 g/mol. The van der Waals surface area contributed by atoms with Crippen LogP contribution in [0.4, 0.5) is 5.69 Å². The summed E-state index contributed by atoms with van der Waals surface area (Å²) in [7, 11) is 2.17. The third kappa shape index (κ3) is 2.84. The van der Waals surface area contributed by atoms with Gasteiger partial charge in [-0.2, -0.15) is 0 Å². The van der Waals surface area contributed by atoms with Crippen LogP contribution in [0.1, 0.15) is 42.9 Å². The highest BCUT2D eigenvalue weighted by molar-refractivity contribution is 5.58. The van der Waals surface area contributed by atoms with Gasteiger partial charge in [0.2, 0.25) is 0 Å². The van der Waals surface area contributed by atoms with E-state index in [9.17, 15) is 0 Å². The lowest BCUT2D eigenvalue weighted by Gasteiger charge is -2.26. The van der Waals surface area contributed by atoms with Crippen molar-refractivity contribution in [3.05, 3.63) is 29.3 Å². The van der Waals surface area contributed by atoms with Crippen molar-refractivity contribution in [2.45, 2.75) is 38.1 Å². The van der Waals surface area contributed by atoms with Crippen molar-refractivity contribution in [2.24, 2.45) is 11.7 Å². The summed E-state index contributed by atoms with van der Waals surface area (Å²) >= 11 is 0. The maximum atomic E-state index is 5.97. The summed E-state index contributed by atoms with van der Waals surface area (Å²) in [5, 5.41) is 3.65. The maximum Gasteiger partial charge on any atom is 0.0444 e. The molecule has 3 N–H and O–H groups in total. The SMILES string of the molecule is CN1CCc2cc(C(CN)NCCC3CCC3)ccc21. The van der Waals surface area contributed by atoms with Gasteiger partial charge in [0.1, 0.15) is 0 Å². The van der Waals surface area contributed by atoms with E-state index in [4.69, 9.17) is 5.73 Å². The van der Waals surface area contributed by atoms with E-state index < -0.39 is 0 Å². The predicted molar refractivity (Wildman–Crippen MR) is 85.2 cm³/mol. The van der Waals surface area contributed by atoms with Crippen molar-refractivity contribution in [2.75, 3.05) is 31.6 Å². The minimum absolute atomic E-state index is 0.311. The van der Waals surface area contributed by atoms with E-state index in [1.54, 1.807) is 0 Å². The van der Waals surface area contributed by atoms with Crippen molar-refractivity contribution in [1.82, 2.24) is 5.32 Å². The molecule has 0 saturated heterocycles. The molecule has 1 fully saturated rings. The molecule has 3 nitrogen and oxygen atoms in total. The van der Waals surface area contributed by atoms with Crippen LogP contribution in [0.5, 0.6) is 0 Å². The first kappa shape index (κ1) is 13.9. The number of anilines is 1. The quantitative estimate of drug-likeness (QED) is 0.836. The molecule has 0 spiro atoms. The Bertz CT molecular complexity index is 454. The zero-order chi connectivity index (χ0) is 13.9. The number of benzene rings is 1. The second-order valence-electron chi connectivity index (χ2n) is 6.39. The highest BCUT2D eigenvalue weighted by Gasteiger charge is 2.19. The summed E-state index contributed by atoms with van der Waals surface area (Å²) < 4.78 is 0. The molecule has 1 saturated carbocycles. The summed E-state index contributed by atoms with van der Waals surface area (Å²) in [5.74, 6) is 0.967. The Kier molecular flexibility index (Phi) is 4.27. The molecule has 0 amide bonds. The van der Waals surface area contributed by atoms with Gasteiger partial charge in [-0.25, -0.2) is 0 Å². The molecule has 0 bridgehead atoms. The number of hydrogen-bond donors (Lipinski definition) is 2. The van der Waals surface area contributed by atoms with Gasteiger partial charge >= 0.3 is 0 Å². The molecule has 1 aromatic rings. The van der Waals surface area contributed by atoms with Gasteiger partial charge in [-0.05, 0) is 42.5 Å². The number of hydrogen-bond acceptors (Lipinski definition) is 3. The second-order valence-corrected chi connectivity index (χ2v) is 6.39. The van der Waals surface area contributed by atoms with E-state index in [2.05, 4.69) is 35.5 Å². The molecule has 3 rings (SSSR count). The third-order valence-electron chi connectivity index (χ3n) is 5.04. The van der Waals surface area contributed by atoms with Crippen LogP contribution in [0, 0.1) is 5.92 Å². The third-order valence-corrected chi connectivity index (χ3v) is 5.04. The van der Waals surface area contributed by atoms with Crippen LogP contribution in [-0.4, -0.2) is 26.7 Å². The number of likely N-dealkylation sites (N-methyl/N-ethyl adjacent to an activating group) is 1. The monoisotopic (exact) mass is 273 g/mol. The molecule has 1 aliphatic heterocycles. The van der Waals surface area contributed by atoms with Crippen LogP contribution in [0.25, 0.3) is 0 Å². The zero-order valence-corrected chi connectivity index (χ0v) is 12.6. The Morgan fingerprint density at radius 1 is 1.40 bits per heavy atom. The Hall–Kier alpha value is -1.06. The number of nitrogens with two attached hydrogens (primary N) is 1. The fourth-order valence-corrected chi connectivity index (χ4v) is 3.38. The summed E-state index contributed by atoms with van der Waals surface area (Å²) in [6, 6.07) is 7.17. The molecule has 1 aromatic carbocycles. The standard InChI is InChI=1S/C17H27N3/c1-20-10-8-15-11-14(5-6-17(15)20)16(12-18)19-9-7-13-3-2-4-13/h5-6,11,13,16,19H,2-4,7-10,12,18H2,1H3.